The lowest BCUT2D eigenvalue weighted by Gasteiger charge is -2.03. The summed E-state index contributed by atoms with van der Waals surface area (Å²) in [5, 5.41) is 3.87. The number of nitrogens with two attached hydrogens (primary N) is 1. The molecule has 1 unspecified atom stereocenters. The molecule has 0 fully saturated rings. The zero-order valence-electron chi connectivity index (χ0n) is 10.7. The van der Waals surface area contributed by atoms with E-state index in [9.17, 15) is 0 Å². The van der Waals surface area contributed by atoms with Crippen LogP contribution < -0.4 is 10.5 Å². The van der Waals surface area contributed by atoms with Gasteiger partial charge in [-0.1, -0.05) is 29.4 Å². The molecule has 2 N–H and O–H groups in total. The number of ether oxygens (including phenoxy) is 1. The minimum atomic E-state index is -0.284. The molecule has 0 aliphatic carbocycles. The molecule has 1 aromatic heterocycles. The van der Waals surface area contributed by atoms with Gasteiger partial charge in [0.2, 0.25) is 5.89 Å². The van der Waals surface area contributed by atoms with Crippen molar-refractivity contribution in [2.24, 2.45) is 5.73 Å². The second-order valence-electron chi connectivity index (χ2n) is 4.09. The van der Waals surface area contributed by atoms with Gasteiger partial charge in [-0.25, -0.2) is 0 Å². The molecule has 2 rings (SSSR count). The van der Waals surface area contributed by atoms with Gasteiger partial charge in [-0.05, 0) is 18.6 Å². The van der Waals surface area contributed by atoms with Crippen molar-refractivity contribution in [1.82, 2.24) is 10.1 Å². The molecule has 0 spiro atoms. The number of aromatic nitrogens is 2. The van der Waals surface area contributed by atoms with Crippen molar-refractivity contribution in [3.8, 4) is 5.75 Å². The molecular formula is C14H17N3O2. The molecule has 5 nitrogen and oxygen atoms in total. The Hall–Kier alpha value is -2.14. The van der Waals surface area contributed by atoms with Crippen LogP contribution in [0.25, 0.3) is 0 Å². The van der Waals surface area contributed by atoms with Crippen molar-refractivity contribution >= 4 is 0 Å². The molecule has 1 atom stereocenters. The standard InChI is InChI=1S/C14H17N3O2/c1-2-6-12(15)14-16-13(17-19-14)9-10-18-11-7-4-3-5-8-11/h2-5,7-8,12H,1,6,9-10,15H2. The summed E-state index contributed by atoms with van der Waals surface area (Å²) in [4.78, 5) is 4.23. The quantitative estimate of drug-likeness (QED) is 0.772. The highest BCUT2D eigenvalue weighted by molar-refractivity contribution is 5.20. The maximum absolute atomic E-state index is 5.84. The molecule has 1 aromatic carbocycles. The second-order valence-corrected chi connectivity index (χ2v) is 4.09. The van der Waals surface area contributed by atoms with Gasteiger partial charge in [0.05, 0.1) is 12.6 Å². The van der Waals surface area contributed by atoms with Crippen LogP contribution in [0.3, 0.4) is 0 Å². The van der Waals surface area contributed by atoms with E-state index in [1.54, 1.807) is 6.08 Å². The number of para-hydroxylation sites is 1. The number of hydrogen-bond acceptors (Lipinski definition) is 5. The third-order valence-electron chi connectivity index (χ3n) is 2.56. The molecule has 2 aromatic rings. The van der Waals surface area contributed by atoms with Gasteiger partial charge in [0.15, 0.2) is 5.82 Å². The van der Waals surface area contributed by atoms with Gasteiger partial charge in [0.1, 0.15) is 5.75 Å². The Labute approximate surface area is 112 Å². The predicted octanol–water partition coefficient (Wildman–Crippen LogP) is 2.27. The molecule has 5 heteroatoms. The Balaban J connectivity index is 1.82. The Morgan fingerprint density at radius 2 is 2.16 bits per heavy atom. The molecule has 0 aliphatic heterocycles. The fourth-order valence-electron chi connectivity index (χ4n) is 1.58. The highest BCUT2D eigenvalue weighted by Crippen LogP contribution is 2.12. The first-order valence-corrected chi connectivity index (χ1v) is 6.16. The molecule has 0 aliphatic rings. The summed E-state index contributed by atoms with van der Waals surface area (Å²) in [5.74, 6) is 1.87. The summed E-state index contributed by atoms with van der Waals surface area (Å²) in [6, 6.07) is 9.32. The monoisotopic (exact) mass is 259 g/mol. The fourth-order valence-corrected chi connectivity index (χ4v) is 1.58. The van der Waals surface area contributed by atoms with Crippen LogP contribution >= 0.6 is 0 Å². The maximum Gasteiger partial charge on any atom is 0.243 e. The van der Waals surface area contributed by atoms with Crippen LogP contribution in [-0.2, 0) is 6.42 Å². The molecule has 0 saturated heterocycles. The van der Waals surface area contributed by atoms with Gasteiger partial charge in [-0.2, -0.15) is 4.98 Å². The van der Waals surface area contributed by atoms with Gasteiger partial charge in [-0.15, -0.1) is 6.58 Å². The van der Waals surface area contributed by atoms with Crippen LogP contribution in [-0.4, -0.2) is 16.7 Å². The van der Waals surface area contributed by atoms with Gasteiger partial charge in [-0.3, -0.25) is 0 Å². The van der Waals surface area contributed by atoms with Crippen molar-refractivity contribution in [3.05, 3.63) is 54.7 Å². The lowest BCUT2D eigenvalue weighted by molar-refractivity contribution is 0.312. The number of hydrogen-bond donors (Lipinski definition) is 1. The average molecular weight is 259 g/mol. The van der Waals surface area contributed by atoms with E-state index in [1.165, 1.54) is 0 Å². The van der Waals surface area contributed by atoms with Gasteiger partial charge < -0.3 is 15.0 Å². The third kappa shape index (κ3) is 3.93. The molecule has 100 valence electrons. The summed E-state index contributed by atoms with van der Waals surface area (Å²) in [5.41, 5.74) is 5.84. The van der Waals surface area contributed by atoms with E-state index in [2.05, 4.69) is 16.7 Å². The minimum absolute atomic E-state index is 0.284. The van der Waals surface area contributed by atoms with Crippen LogP contribution in [0.2, 0.25) is 0 Å². The first-order chi connectivity index (χ1) is 9.29. The van der Waals surface area contributed by atoms with Gasteiger partial charge in [0.25, 0.3) is 0 Å². The van der Waals surface area contributed by atoms with E-state index in [-0.39, 0.29) is 6.04 Å². The van der Waals surface area contributed by atoms with Crippen molar-refractivity contribution < 1.29 is 9.26 Å². The summed E-state index contributed by atoms with van der Waals surface area (Å²) in [7, 11) is 0. The fraction of sp³-hybridized carbons (Fsp3) is 0.286. The lowest BCUT2D eigenvalue weighted by atomic mass is 10.2. The molecule has 0 bridgehead atoms. The van der Waals surface area contributed by atoms with Crippen LogP contribution in [0.1, 0.15) is 24.2 Å². The van der Waals surface area contributed by atoms with Crippen LogP contribution in [0.4, 0.5) is 0 Å². The Morgan fingerprint density at radius 3 is 2.89 bits per heavy atom. The van der Waals surface area contributed by atoms with Crippen molar-refractivity contribution in [3.63, 3.8) is 0 Å². The van der Waals surface area contributed by atoms with Crippen LogP contribution in [0.5, 0.6) is 5.75 Å². The largest absolute Gasteiger partial charge is 0.493 e. The van der Waals surface area contributed by atoms with E-state index < -0.39 is 0 Å². The van der Waals surface area contributed by atoms with Gasteiger partial charge in [0, 0.05) is 6.42 Å². The molecule has 0 radical (unpaired) electrons. The highest BCUT2D eigenvalue weighted by atomic mass is 16.5. The zero-order valence-corrected chi connectivity index (χ0v) is 10.7. The molecule has 19 heavy (non-hydrogen) atoms. The molecule has 1 heterocycles. The minimum Gasteiger partial charge on any atom is -0.493 e. The first-order valence-electron chi connectivity index (χ1n) is 6.16. The van der Waals surface area contributed by atoms with Crippen LogP contribution in [0.15, 0.2) is 47.5 Å². The number of rotatable bonds is 7. The van der Waals surface area contributed by atoms with Crippen molar-refractivity contribution in [2.75, 3.05) is 6.61 Å². The summed E-state index contributed by atoms with van der Waals surface area (Å²) >= 11 is 0. The van der Waals surface area contributed by atoms with Crippen LogP contribution in [0, 0.1) is 0 Å². The predicted molar refractivity (Wildman–Crippen MR) is 71.7 cm³/mol. The van der Waals surface area contributed by atoms with E-state index >= 15 is 0 Å². The highest BCUT2D eigenvalue weighted by Gasteiger charge is 2.13. The molecule has 0 saturated carbocycles. The summed E-state index contributed by atoms with van der Waals surface area (Å²) in [6.07, 6.45) is 2.93. The Bertz CT molecular complexity index is 510. The Kier molecular flexibility index (Phi) is 4.69. The first kappa shape index (κ1) is 13.3. The van der Waals surface area contributed by atoms with Crippen molar-refractivity contribution in [1.29, 1.82) is 0 Å². The summed E-state index contributed by atoms with van der Waals surface area (Å²) in [6.45, 7) is 4.13. The number of benzene rings is 1. The SMILES string of the molecule is C=CCC(N)c1nc(CCOc2ccccc2)no1. The smallest absolute Gasteiger partial charge is 0.243 e. The second kappa shape index (κ2) is 6.70. The van der Waals surface area contributed by atoms with E-state index in [1.807, 2.05) is 30.3 Å². The molecule has 0 amide bonds. The number of nitrogens with zero attached hydrogens (tertiary/aromatic N) is 2. The normalized spacial score (nSPS) is 12.1. The topological polar surface area (TPSA) is 74.2 Å². The third-order valence-corrected chi connectivity index (χ3v) is 2.56. The molecular weight excluding hydrogens is 242 g/mol. The average Bonchev–Trinajstić information content (AvgIpc) is 2.89. The van der Waals surface area contributed by atoms with E-state index in [4.69, 9.17) is 15.0 Å². The van der Waals surface area contributed by atoms with Crippen molar-refractivity contribution in [2.45, 2.75) is 18.9 Å². The summed E-state index contributed by atoms with van der Waals surface area (Å²) < 4.78 is 10.7. The zero-order chi connectivity index (χ0) is 13.5. The maximum atomic E-state index is 5.84. The van der Waals surface area contributed by atoms with E-state index in [0.717, 1.165) is 5.75 Å². The Morgan fingerprint density at radius 1 is 1.37 bits per heavy atom. The van der Waals surface area contributed by atoms with Gasteiger partial charge >= 0.3 is 0 Å². The lowest BCUT2D eigenvalue weighted by Crippen LogP contribution is -2.09. The van der Waals surface area contributed by atoms with E-state index in [0.29, 0.717) is 31.2 Å².